The lowest BCUT2D eigenvalue weighted by Gasteiger charge is -2.41. The molecule has 1 aliphatic heterocycles. The maximum atomic E-state index is 12.6. The molecule has 7 nitrogen and oxygen atoms in total. The number of carbonyl (C=O) groups excluding carboxylic acids is 2. The summed E-state index contributed by atoms with van der Waals surface area (Å²) in [5.41, 5.74) is 8.45. The average Bonchev–Trinajstić information content (AvgIpc) is 3.19. The first-order chi connectivity index (χ1) is 14.2. The van der Waals surface area contributed by atoms with Crippen molar-refractivity contribution < 1.29 is 14.1 Å². The molecule has 148 valence electrons. The fourth-order valence-corrected chi connectivity index (χ4v) is 4.58. The number of anilines is 1. The van der Waals surface area contributed by atoms with E-state index in [4.69, 9.17) is 4.52 Å². The van der Waals surface area contributed by atoms with Gasteiger partial charge in [0.25, 0.3) is 5.91 Å². The molecular weight excluding hydrogens is 368 g/mol. The Labute approximate surface area is 167 Å². The third-order valence-electron chi connectivity index (χ3n) is 6.05. The number of hydrazine groups is 1. The van der Waals surface area contributed by atoms with Gasteiger partial charge in [-0.15, -0.1) is 0 Å². The number of carbonyl (C=O) groups is 2. The zero-order valence-corrected chi connectivity index (χ0v) is 15.9. The molecule has 0 bridgehead atoms. The molecule has 1 saturated carbocycles. The van der Waals surface area contributed by atoms with E-state index in [-0.39, 0.29) is 29.5 Å². The Kier molecular flexibility index (Phi) is 4.52. The van der Waals surface area contributed by atoms with Crippen LogP contribution in [0.1, 0.15) is 47.8 Å². The molecule has 0 radical (unpaired) electrons. The van der Waals surface area contributed by atoms with E-state index in [0.29, 0.717) is 22.5 Å². The van der Waals surface area contributed by atoms with Gasteiger partial charge in [-0.3, -0.25) is 15.0 Å². The summed E-state index contributed by atoms with van der Waals surface area (Å²) in [6.45, 7) is 0. The summed E-state index contributed by atoms with van der Waals surface area (Å²) >= 11 is 0. The summed E-state index contributed by atoms with van der Waals surface area (Å²) < 4.78 is 5.22. The highest BCUT2D eigenvalue weighted by Gasteiger charge is 2.40. The predicted molar refractivity (Wildman–Crippen MR) is 108 cm³/mol. The smallest absolute Gasteiger partial charge is 0.294 e. The maximum Gasteiger partial charge on any atom is 0.294 e. The molecule has 2 fully saturated rings. The molecular formula is C22H22N4O3. The second-order valence-corrected chi connectivity index (χ2v) is 7.77. The van der Waals surface area contributed by atoms with Gasteiger partial charge in [0.1, 0.15) is 5.52 Å². The highest BCUT2D eigenvalue weighted by Crippen LogP contribution is 2.40. The van der Waals surface area contributed by atoms with Crippen molar-refractivity contribution in [3.63, 3.8) is 0 Å². The normalized spacial score (nSPS) is 24.0. The number of fused-ring (bicyclic) bond motifs is 2. The molecule has 2 amide bonds. The van der Waals surface area contributed by atoms with Crippen molar-refractivity contribution in [2.75, 3.05) is 5.32 Å². The third-order valence-corrected chi connectivity index (χ3v) is 6.05. The van der Waals surface area contributed by atoms with Crippen molar-refractivity contribution in [3.05, 3.63) is 59.9 Å². The highest BCUT2D eigenvalue weighted by molar-refractivity contribution is 6.10. The summed E-state index contributed by atoms with van der Waals surface area (Å²) in [7, 11) is 0. The van der Waals surface area contributed by atoms with Gasteiger partial charge in [-0.25, -0.2) is 5.43 Å². The van der Waals surface area contributed by atoms with Crippen LogP contribution >= 0.6 is 0 Å². The van der Waals surface area contributed by atoms with Crippen LogP contribution < -0.4 is 16.2 Å². The number of nitrogens with zero attached hydrogens (tertiary/aromatic N) is 1. The molecule has 1 saturated heterocycles. The van der Waals surface area contributed by atoms with Crippen LogP contribution in [0.25, 0.3) is 10.9 Å². The molecule has 29 heavy (non-hydrogen) atoms. The molecule has 3 N–H and O–H groups in total. The van der Waals surface area contributed by atoms with E-state index in [1.807, 2.05) is 42.5 Å². The zero-order valence-electron chi connectivity index (χ0n) is 15.9. The Balaban J connectivity index is 1.32. The SMILES string of the molecule is O=C(Nc1ccc(C2NNC(=O)C3CCCCC32)cc1)c1onc2ccccc12. The highest BCUT2D eigenvalue weighted by atomic mass is 16.5. The molecule has 3 unspecified atom stereocenters. The van der Waals surface area contributed by atoms with Crippen molar-refractivity contribution in [1.82, 2.24) is 16.0 Å². The maximum absolute atomic E-state index is 12.6. The van der Waals surface area contributed by atoms with Crippen LogP contribution in [0.15, 0.2) is 53.1 Å². The number of amides is 2. The van der Waals surface area contributed by atoms with E-state index in [1.54, 1.807) is 6.07 Å². The van der Waals surface area contributed by atoms with Crippen molar-refractivity contribution in [3.8, 4) is 0 Å². The summed E-state index contributed by atoms with van der Waals surface area (Å²) in [5, 5.41) is 7.48. The predicted octanol–water partition coefficient (Wildman–Crippen LogP) is 3.56. The lowest BCUT2D eigenvalue weighted by Crippen LogP contribution is -2.55. The van der Waals surface area contributed by atoms with Crippen molar-refractivity contribution >= 4 is 28.4 Å². The summed E-state index contributed by atoms with van der Waals surface area (Å²) in [6.07, 6.45) is 4.27. The zero-order chi connectivity index (χ0) is 19.8. The Morgan fingerprint density at radius 3 is 2.72 bits per heavy atom. The summed E-state index contributed by atoms with van der Waals surface area (Å²) in [6, 6.07) is 15.1. The Morgan fingerprint density at radius 1 is 1.07 bits per heavy atom. The first kappa shape index (κ1) is 17.9. The van der Waals surface area contributed by atoms with E-state index in [1.165, 1.54) is 0 Å². The molecule has 7 heteroatoms. The van der Waals surface area contributed by atoms with Crippen molar-refractivity contribution in [1.29, 1.82) is 0 Å². The van der Waals surface area contributed by atoms with Gasteiger partial charge in [0, 0.05) is 11.6 Å². The summed E-state index contributed by atoms with van der Waals surface area (Å²) in [4.78, 5) is 24.7. The van der Waals surface area contributed by atoms with Gasteiger partial charge in [0.2, 0.25) is 11.7 Å². The van der Waals surface area contributed by atoms with Gasteiger partial charge in [-0.2, -0.15) is 0 Å². The van der Waals surface area contributed by atoms with Crippen LogP contribution in [0.5, 0.6) is 0 Å². The van der Waals surface area contributed by atoms with Crippen LogP contribution in [0.4, 0.5) is 5.69 Å². The third kappa shape index (κ3) is 3.27. The minimum absolute atomic E-state index is 0.0779. The van der Waals surface area contributed by atoms with E-state index in [9.17, 15) is 9.59 Å². The number of benzene rings is 2. The van der Waals surface area contributed by atoms with Gasteiger partial charge in [0.05, 0.1) is 11.4 Å². The standard InChI is InChI=1S/C22H22N4O3/c27-21-16-6-2-1-5-15(16)19(24-25-21)13-9-11-14(12-10-13)23-22(28)20-17-7-3-4-8-18(17)26-29-20/h3-4,7-12,15-16,19,24H,1-2,5-6H2,(H,23,28)(H,25,27). The first-order valence-electron chi connectivity index (χ1n) is 10.0. The number of aromatic nitrogens is 1. The number of hydrogen-bond acceptors (Lipinski definition) is 5. The average molecular weight is 390 g/mol. The van der Waals surface area contributed by atoms with E-state index < -0.39 is 0 Å². The Bertz CT molecular complexity index is 1060. The molecule has 1 aliphatic carbocycles. The minimum atomic E-state index is -0.332. The number of nitrogens with one attached hydrogen (secondary N) is 3. The lowest BCUT2D eigenvalue weighted by molar-refractivity contribution is -0.133. The van der Waals surface area contributed by atoms with Gasteiger partial charge in [-0.1, -0.05) is 42.3 Å². The van der Waals surface area contributed by atoms with Crippen molar-refractivity contribution in [2.45, 2.75) is 31.7 Å². The van der Waals surface area contributed by atoms with Crippen LogP contribution in [0.3, 0.4) is 0 Å². The van der Waals surface area contributed by atoms with E-state index in [2.05, 4.69) is 21.3 Å². The Hall–Kier alpha value is -3.19. The van der Waals surface area contributed by atoms with E-state index in [0.717, 1.165) is 31.2 Å². The fourth-order valence-electron chi connectivity index (χ4n) is 4.58. The van der Waals surface area contributed by atoms with Crippen LogP contribution in [0.2, 0.25) is 0 Å². The van der Waals surface area contributed by atoms with Crippen LogP contribution in [0, 0.1) is 11.8 Å². The lowest BCUT2D eigenvalue weighted by atomic mass is 9.72. The molecule has 1 aromatic heterocycles. The monoisotopic (exact) mass is 390 g/mol. The molecule has 0 spiro atoms. The second-order valence-electron chi connectivity index (χ2n) is 7.77. The molecule has 2 aliphatic rings. The van der Waals surface area contributed by atoms with Crippen LogP contribution in [-0.2, 0) is 4.79 Å². The first-order valence-corrected chi connectivity index (χ1v) is 10.0. The van der Waals surface area contributed by atoms with Gasteiger partial charge in [0.15, 0.2) is 0 Å². The quantitative estimate of drug-likeness (QED) is 0.635. The van der Waals surface area contributed by atoms with Gasteiger partial charge < -0.3 is 9.84 Å². The van der Waals surface area contributed by atoms with E-state index >= 15 is 0 Å². The molecule has 2 aromatic carbocycles. The molecule has 2 heterocycles. The Morgan fingerprint density at radius 2 is 1.86 bits per heavy atom. The molecule has 5 rings (SSSR count). The largest absolute Gasteiger partial charge is 0.350 e. The van der Waals surface area contributed by atoms with Gasteiger partial charge >= 0.3 is 0 Å². The van der Waals surface area contributed by atoms with Crippen LogP contribution in [-0.4, -0.2) is 17.0 Å². The number of rotatable bonds is 3. The molecule has 3 aromatic rings. The molecule has 3 atom stereocenters. The fraction of sp³-hybridized carbons (Fsp3) is 0.318. The topological polar surface area (TPSA) is 96.3 Å². The number of hydrogen-bond donors (Lipinski definition) is 3. The summed E-state index contributed by atoms with van der Waals surface area (Å²) in [5.74, 6) is 0.356. The van der Waals surface area contributed by atoms with Gasteiger partial charge in [-0.05, 0) is 48.6 Å². The second kappa shape index (κ2) is 7.33. The minimum Gasteiger partial charge on any atom is -0.350 e. The van der Waals surface area contributed by atoms with Crippen molar-refractivity contribution in [2.24, 2.45) is 11.8 Å².